The van der Waals surface area contributed by atoms with Crippen molar-refractivity contribution in [2.45, 2.75) is 25.3 Å². The lowest BCUT2D eigenvalue weighted by atomic mass is 9.76. The summed E-state index contributed by atoms with van der Waals surface area (Å²) in [6.07, 6.45) is 5.76. The van der Waals surface area contributed by atoms with E-state index < -0.39 is 0 Å². The Bertz CT molecular complexity index is 783. The van der Waals surface area contributed by atoms with Crippen LogP contribution in [0.1, 0.15) is 35.1 Å². The molecule has 0 fully saturated rings. The number of benzene rings is 2. The number of halogens is 1. The Balaban J connectivity index is 1.82. The molecule has 2 nitrogen and oxygen atoms in total. The summed E-state index contributed by atoms with van der Waals surface area (Å²) in [4.78, 5) is 0. The van der Waals surface area contributed by atoms with Crippen LogP contribution >= 0.6 is 11.6 Å². The molecule has 0 saturated carbocycles. The zero-order valence-corrected chi connectivity index (χ0v) is 14.1. The fraction of sp³-hybridized carbons (Fsp3) is 0.300. The molecule has 0 aromatic heterocycles. The number of ether oxygens (including phenoxy) is 1. The summed E-state index contributed by atoms with van der Waals surface area (Å²) in [5.74, 6) is 1.90. The second kappa shape index (κ2) is 5.61. The summed E-state index contributed by atoms with van der Waals surface area (Å²) in [5.41, 5.74) is 4.96. The van der Waals surface area contributed by atoms with E-state index in [0.717, 1.165) is 22.8 Å². The number of anilines is 1. The standard InChI is InChI=1S/C20H20ClNO/c1-12-18(21)10-9-17-15-7-4-8-16(15)20(22-19(12)17)13-5-3-6-14(11-13)23-2/h3-7,9-11,15-16,20,22H,8H2,1-2H3. The predicted molar refractivity (Wildman–Crippen MR) is 95.5 cm³/mol. The highest BCUT2D eigenvalue weighted by atomic mass is 35.5. The molecule has 1 aliphatic carbocycles. The van der Waals surface area contributed by atoms with Crippen LogP contribution in [0.15, 0.2) is 48.6 Å². The zero-order valence-electron chi connectivity index (χ0n) is 13.3. The minimum atomic E-state index is 0.273. The average Bonchev–Trinajstić information content (AvgIpc) is 3.07. The molecule has 2 aromatic carbocycles. The average molecular weight is 326 g/mol. The Morgan fingerprint density at radius 2 is 2.09 bits per heavy atom. The second-order valence-corrected chi connectivity index (χ2v) is 6.80. The van der Waals surface area contributed by atoms with Crippen molar-refractivity contribution >= 4 is 17.3 Å². The van der Waals surface area contributed by atoms with E-state index in [0.29, 0.717) is 11.8 Å². The summed E-state index contributed by atoms with van der Waals surface area (Å²) in [6, 6.07) is 12.8. The summed E-state index contributed by atoms with van der Waals surface area (Å²) < 4.78 is 5.40. The van der Waals surface area contributed by atoms with Crippen molar-refractivity contribution in [3.63, 3.8) is 0 Å². The fourth-order valence-electron chi connectivity index (χ4n) is 3.95. The summed E-state index contributed by atoms with van der Waals surface area (Å²) in [5, 5.41) is 4.59. The Labute approximate surface area is 142 Å². The van der Waals surface area contributed by atoms with Crippen molar-refractivity contribution in [2.75, 3.05) is 12.4 Å². The number of nitrogens with one attached hydrogen (secondary N) is 1. The number of fused-ring (bicyclic) bond motifs is 3. The van der Waals surface area contributed by atoms with Crippen LogP contribution in [0.2, 0.25) is 5.02 Å². The number of rotatable bonds is 2. The van der Waals surface area contributed by atoms with Gasteiger partial charge in [0.2, 0.25) is 0 Å². The smallest absolute Gasteiger partial charge is 0.119 e. The molecule has 1 aliphatic heterocycles. The highest BCUT2D eigenvalue weighted by molar-refractivity contribution is 6.31. The number of allylic oxidation sites excluding steroid dienone is 2. The molecule has 1 heterocycles. The third-order valence-corrected chi connectivity index (χ3v) is 5.59. The molecule has 0 saturated heterocycles. The molecule has 118 valence electrons. The highest BCUT2D eigenvalue weighted by Crippen LogP contribution is 2.51. The van der Waals surface area contributed by atoms with E-state index in [1.807, 2.05) is 12.1 Å². The molecule has 2 aromatic rings. The molecular weight excluding hydrogens is 306 g/mol. The van der Waals surface area contributed by atoms with Gasteiger partial charge in [-0.3, -0.25) is 0 Å². The van der Waals surface area contributed by atoms with Crippen molar-refractivity contribution in [3.8, 4) is 5.75 Å². The topological polar surface area (TPSA) is 21.3 Å². The van der Waals surface area contributed by atoms with E-state index in [9.17, 15) is 0 Å². The molecular formula is C20H20ClNO. The normalized spacial score (nSPS) is 24.7. The van der Waals surface area contributed by atoms with Crippen LogP contribution < -0.4 is 10.1 Å². The van der Waals surface area contributed by atoms with Gasteiger partial charge in [0, 0.05) is 16.6 Å². The van der Waals surface area contributed by atoms with Gasteiger partial charge in [0.05, 0.1) is 13.2 Å². The van der Waals surface area contributed by atoms with E-state index in [-0.39, 0.29) is 6.04 Å². The first-order valence-corrected chi connectivity index (χ1v) is 8.43. The van der Waals surface area contributed by atoms with Crippen molar-refractivity contribution < 1.29 is 4.74 Å². The van der Waals surface area contributed by atoms with E-state index in [1.165, 1.54) is 16.8 Å². The molecule has 4 rings (SSSR count). The minimum absolute atomic E-state index is 0.273. The van der Waals surface area contributed by atoms with Gasteiger partial charge < -0.3 is 10.1 Å². The van der Waals surface area contributed by atoms with E-state index >= 15 is 0 Å². The lowest BCUT2D eigenvalue weighted by Crippen LogP contribution is -2.29. The van der Waals surface area contributed by atoms with Crippen LogP contribution in [0.25, 0.3) is 0 Å². The van der Waals surface area contributed by atoms with Gasteiger partial charge in [-0.1, -0.05) is 42.0 Å². The summed E-state index contributed by atoms with van der Waals surface area (Å²) in [6.45, 7) is 2.09. The number of hydrogen-bond acceptors (Lipinski definition) is 2. The SMILES string of the molecule is COc1cccc(C2Nc3c(ccc(Cl)c3C)C3C=CCC32)c1. The third-order valence-electron chi connectivity index (χ3n) is 5.18. The van der Waals surface area contributed by atoms with Gasteiger partial charge in [-0.25, -0.2) is 0 Å². The quantitative estimate of drug-likeness (QED) is 0.738. The zero-order chi connectivity index (χ0) is 16.0. The van der Waals surface area contributed by atoms with Crippen molar-refractivity contribution in [1.82, 2.24) is 0 Å². The van der Waals surface area contributed by atoms with Gasteiger partial charge in [-0.05, 0) is 54.2 Å². The minimum Gasteiger partial charge on any atom is -0.497 e. The first-order valence-electron chi connectivity index (χ1n) is 8.05. The maximum Gasteiger partial charge on any atom is 0.119 e. The number of hydrogen-bond donors (Lipinski definition) is 1. The first-order chi connectivity index (χ1) is 11.2. The molecule has 2 aliphatic rings. The molecule has 23 heavy (non-hydrogen) atoms. The number of methoxy groups -OCH3 is 1. The van der Waals surface area contributed by atoms with Crippen LogP contribution in [0.5, 0.6) is 5.75 Å². The van der Waals surface area contributed by atoms with Crippen LogP contribution in [0.4, 0.5) is 5.69 Å². The molecule has 0 amide bonds. The van der Waals surface area contributed by atoms with Gasteiger partial charge in [0.15, 0.2) is 0 Å². The summed E-state index contributed by atoms with van der Waals surface area (Å²) in [7, 11) is 1.71. The molecule has 0 spiro atoms. The Morgan fingerprint density at radius 1 is 1.22 bits per heavy atom. The third kappa shape index (κ3) is 2.33. The van der Waals surface area contributed by atoms with E-state index in [1.54, 1.807) is 7.11 Å². The highest BCUT2D eigenvalue weighted by Gasteiger charge is 2.38. The first kappa shape index (κ1) is 14.6. The molecule has 3 unspecified atom stereocenters. The van der Waals surface area contributed by atoms with Crippen molar-refractivity contribution in [1.29, 1.82) is 0 Å². The Hall–Kier alpha value is -1.93. The predicted octanol–water partition coefficient (Wildman–Crippen LogP) is 5.48. The summed E-state index contributed by atoms with van der Waals surface area (Å²) >= 11 is 6.35. The second-order valence-electron chi connectivity index (χ2n) is 6.39. The lowest BCUT2D eigenvalue weighted by Gasteiger charge is -2.38. The van der Waals surface area contributed by atoms with E-state index in [2.05, 4.69) is 48.7 Å². The molecule has 3 atom stereocenters. The maximum atomic E-state index is 6.35. The van der Waals surface area contributed by atoms with Gasteiger partial charge in [0.25, 0.3) is 0 Å². The maximum absolute atomic E-state index is 6.35. The fourth-order valence-corrected chi connectivity index (χ4v) is 4.11. The van der Waals surface area contributed by atoms with Crippen LogP contribution in [0.3, 0.4) is 0 Å². The Kier molecular flexibility index (Phi) is 3.57. The van der Waals surface area contributed by atoms with Crippen LogP contribution in [0, 0.1) is 12.8 Å². The van der Waals surface area contributed by atoms with Crippen molar-refractivity contribution in [3.05, 3.63) is 70.3 Å². The van der Waals surface area contributed by atoms with Crippen LogP contribution in [-0.2, 0) is 0 Å². The molecule has 3 heteroatoms. The van der Waals surface area contributed by atoms with Gasteiger partial charge in [-0.15, -0.1) is 0 Å². The van der Waals surface area contributed by atoms with Crippen molar-refractivity contribution in [2.24, 2.45) is 5.92 Å². The molecule has 1 N–H and O–H groups in total. The van der Waals surface area contributed by atoms with Gasteiger partial charge in [0.1, 0.15) is 5.75 Å². The molecule has 0 radical (unpaired) electrons. The monoisotopic (exact) mass is 325 g/mol. The van der Waals surface area contributed by atoms with Gasteiger partial charge in [-0.2, -0.15) is 0 Å². The largest absolute Gasteiger partial charge is 0.497 e. The Morgan fingerprint density at radius 3 is 2.91 bits per heavy atom. The van der Waals surface area contributed by atoms with E-state index in [4.69, 9.17) is 16.3 Å². The van der Waals surface area contributed by atoms with Crippen LogP contribution in [-0.4, -0.2) is 7.11 Å². The van der Waals surface area contributed by atoms with Gasteiger partial charge >= 0.3 is 0 Å². The molecule has 0 bridgehead atoms. The lowest BCUT2D eigenvalue weighted by molar-refractivity contribution is 0.406.